The topological polar surface area (TPSA) is 135 Å². The molecule has 2 N–H and O–H groups in total. The van der Waals surface area contributed by atoms with Crippen molar-refractivity contribution in [2.45, 2.75) is 75.4 Å². The number of hydrogen-bond acceptors (Lipinski definition) is 6. The molecule has 2 saturated carbocycles. The van der Waals surface area contributed by atoms with Crippen molar-refractivity contribution < 1.29 is 35.5 Å². The Morgan fingerprint density at radius 1 is 0.923 bits per heavy atom. The van der Waals surface area contributed by atoms with Gasteiger partial charge in [0, 0.05) is 6.42 Å². The quantitative estimate of drug-likeness (QED) is 0.517. The van der Waals surface area contributed by atoms with Crippen molar-refractivity contribution in [2.24, 2.45) is 17.8 Å². The lowest BCUT2D eigenvalue weighted by molar-refractivity contribution is -0.150. The fraction of sp³-hybridized carbons (Fsp3) is 0.938. The Morgan fingerprint density at radius 2 is 1.42 bits per heavy atom. The summed E-state index contributed by atoms with van der Waals surface area (Å²) in [6.45, 7) is 3.39. The van der Waals surface area contributed by atoms with Crippen molar-refractivity contribution in [3.63, 3.8) is 0 Å². The first kappa shape index (κ1) is 21.6. The maximum absolute atomic E-state index is 11.8. The summed E-state index contributed by atoms with van der Waals surface area (Å²) in [6.07, 6.45) is 1.92. The van der Waals surface area contributed by atoms with Crippen LogP contribution in [0.2, 0.25) is 0 Å². The Balaban J connectivity index is 2.14. The predicted molar refractivity (Wildman–Crippen MR) is 94.7 cm³/mol. The second kappa shape index (κ2) is 8.12. The van der Waals surface area contributed by atoms with E-state index < -0.39 is 42.8 Å². The van der Waals surface area contributed by atoms with Crippen molar-refractivity contribution in [1.29, 1.82) is 0 Å². The van der Waals surface area contributed by atoms with Crippen LogP contribution in [-0.2, 0) is 29.8 Å². The van der Waals surface area contributed by atoms with E-state index in [2.05, 4.69) is 0 Å². The highest BCUT2D eigenvalue weighted by Gasteiger charge is 2.45. The summed E-state index contributed by atoms with van der Waals surface area (Å²) < 4.78 is 71.1. The van der Waals surface area contributed by atoms with E-state index in [1.54, 1.807) is 13.8 Å². The molecule has 6 unspecified atom stereocenters. The van der Waals surface area contributed by atoms with Gasteiger partial charge in [-0.2, -0.15) is 16.8 Å². The normalized spacial score (nSPS) is 36.5. The molecule has 0 saturated heterocycles. The fourth-order valence-corrected chi connectivity index (χ4v) is 6.69. The molecule has 0 radical (unpaired) electrons. The molecule has 152 valence electrons. The van der Waals surface area contributed by atoms with Crippen LogP contribution in [0.1, 0.15) is 58.8 Å². The van der Waals surface area contributed by atoms with Gasteiger partial charge in [0.25, 0.3) is 20.2 Å². The molecule has 0 aromatic heterocycles. The van der Waals surface area contributed by atoms with E-state index in [0.29, 0.717) is 19.3 Å². The second-order valence-electron chi connectivity index (χ2n) is 7.61. The van der Waals surface area contributed by atoms with Crippen molar-refractivity contribution >= 4 is 26.2 Å². The maximum atomic E-state index is 11.8. The molecule has 0 aromatic carbocycles. The SMILES string of the molecule is CCC(=O)OC1CCC(C2CCC(C)C(S(=O)(=O)O)C2)CC1S(=O)(=O)O. The molecule has 0 aliphatic heterocycles. The summed E-state index contributed by atoms with van der Waals surface area (Å²) in [6, 6.07) is 0. The summed E-state index contributed by atoms with van der Waals surface area (Å²) in [5.74, 6) is -0.819. The zero-order valence-corrected chi connectivity index (χ0v) is 16.7. The lowest BCUT2D eigenvalue weighted by Gasteiger charge is -2.41. The predicted octanol–water partition coefficient (Wildman–Crippen LogP) is 2.06. The third kappa shape index (κ3) is 5.17. The molecule has 0 aromatic rings. The number of carbonyl (C=O) groups is 1. The highest BCUT2D eigenvalue weighted by Crippen LogP contribution is 2.43. The first-order chi connectivity index (χ1) is 11.9. The average Bonchev–Trinajstić information content (AvgIpc) is 2.53. The van der Waals surface area contributed by atoms with Crippen molar-refractivity contribution in [3.05, 3.63) is 0 Å². The number of ether oxygens (including phenoxy) is 1. The molecule has 26 heavy (non-hydrogen) atoms. The van der Waals surface area contributed by atoms with E-state index >= 15 is 0 Å². The van der Waals surface area contributed by atoms with Crippen LogP contribution in [0.4, 0.5) is 0 Å². The van der Waals surface area contributed by atoms with Gasteiger partial charge < -0.3 is 4.74 Å². The van der Waals surface area contributed by atoms with E-state index in [0.717, 1.165) is 6.42 Å². The number of carbonyl (C=O) groups excluding carboxylic acids is 1. The number of hydrogen-bond donors (Lipinski definition) is 2. The molecule has 2 aliphatic carbocycles. The Kier molecular flexibility index (Phi) is 6.74. The minimum Gasteiger partial charge on any atom is -0.461 e. The minimum absolute atomic E-state index is 0.0507. The van der Waals surface area contributed by atoms with Crippen LogP contribution in [-0.4, -0.2) is 48.5 Å². The highest BCUT2D eigenvalue weighted by atomic mass is 32.2. The van der Waals surface area contributed by atoms with Gasteiger partial charge in [0.15, 0.2) is 0 Å². The molecule has 2 rings (SSSR count). The first-order valence-corrected chi connectivity index (χ1v) is 12.1. The van der Waals surface area contributed by atoms with Crippen molar-refractivity contribution in [2.75, 3.05) is 0 Å². The maximum Gasteiger partial charge on any atom is 0.305 e. The van der Waals surface area contributed by atoms with E-state index in [4.69, 9.17) is 4.74 Å². The number of rotatable bonds is 5. The minimum atomic E-state index is -4.40. The third-order valence-corrected chi connectivity index (χ3v) is 8.62. The van der Waals surface area contributed by atoms with Gasteiger partial charge in [-0.05, 0) is 56.3 Å². The summed E-state index contributed by atoms with van der Waals surface area (Å²) in [7, 11) is -8.55. The molecule has 10 heteroatoms. The average molecular weight is 413 g/mol. The molecule has 8 nitrogen and oxygen atoms in total. The van der Waals surface area contributed by atoms with Gasteiger partial charge in [-0.1, -0.05) is 13.8 Å². The zero-order valence-electron chi connectivity index (χ0n) is 15.1. The standard InChI is InChI=1S/C16H28O8S2/c1-3-16(17)24-13-7-6-12(9-15(13)26(21,22)23)11-5-4-10(2)14(8-11)25(18,19)20/h10-15H,3-9H2,1-2H3,(H,18,19,20)(H,21,22,23). The lowest BCUT2D eigenvalue weighted by Crippen LogP contribution is -2.45. The molecule has 2 aliphatic rings. The van der Waals surface area contributed by atoms with Gasteiger partial charge in [-0.3, -0.25) is 13.9 Å². The van der Waals surface area contributed by atoms with Gasteiger partial charge >= 0.3 is 5.97 Å². The lowest BCUT2D eigenvalue weighted by atomic mass is 9.70. The summed E-state index contributed by atoms with van der Waals surface area (Å²) >= 11 is 0. The smallest absolute Gasteiger partial charge is 0.305 e. The van der Waals surface area contributed by atoms with E-state index in [1.165, 1.54) is 0 Å². The Labute approximate surface area is 155 Å². The van der Waals surface area contributed by atoms with E-state index in [-0.39, 0.29) is 37.0 Å². The molecular formula is C16H28O8S2. The van der Waals surface area contributed by atoms with Gasteiger partial charge in [0.2, 0.25) is 0 Å². The van der Waals surface area contributed by atoms with Crippen LogP contribution < -0.4 is 0 Å². The summed E-state index contributed by atoms with van der Waals surface area (Å²) in [5, 5.41) is -2.04. The molecule has 0 amide bonds. The van der Waals surface area contributed by atoms with Crippen molar-refractivity contribution in [3.8, 4) is 0 Å². The fourth-order valence-electron chi connectivity index (χ4n) is 4.42. The number of esters is 1. The van der Waals surface area contributed by atoms with Crippen LogP contribution in [0.25, 0.3) is 0 Å². The summed E-state index contributed by atoms with van der Waals surface area (Å²) in [5.41, 5.74) is 0. The van der Waals surface area contributed by atoms with Crippen LogP contribution in [0, 0.1) is 17.8 Å². The molecule has 0 bridgehead atoms. The monoisotopic (exact) mass is 412 g/mol. The molecule has 2 fully saturated rings. The van der Waals surface area contributed by atoms with E-state index in [1.807, 2.05) is 0 Å². The third-order valence-electron chi connectivity index (χ3n) is 5.94. The van der Waals surface area contributed by atoms with Crippen LogP contribution in [0.5, 0.6) is 0 Å². The molecular weight excluding hydrogens is 384 g/mol. The second-order valence-corrected chi connectivity index (χ2v) is 10.9. The first-order valence-electron chi connectivity index (χ1n) is 9.05. The van der Waals surface area contributed by atoms with Gasteiger partial charge in [0.1, 0.15) is 11.4 Å². The Hall–Kier alpha value is -0.710. The Morgan fingerprint density at radius 3 is 1.92 bits per heavy atom. The van der Waals surface area contributed by atoms with Gasteiger partial charge in [0.05, 0.1) is 5.25 Å². The zero-order chi connectivity index (χ0) is 19.7. The van der Waals surface area contributed by atoms with Crippen LogP contribution in [0.15, 0.2) is 0 Å². The van der Waals surface area contributed by atoms with Crippen LogP contribution >= 0.6 is 0 Å². The molecule has 0 heterocycles. The van der Waals surface area contributed by atoms with E-state index in [9.17, 15) is 30.7 Å². The Bertz CT molecular complexity index is 715. The van der Waals surface area contributed by atoms with Gasteiger partial charge in [-0.25, -0.2) is 0 Å². The highest BCUT2D eigenvalue weighted by molar-refractivity contribution is 7.86. The molecule has 0 spiro atoms. The largest absolute Gasteiger partial charge is 0.461 e. The summed E-state index contributed by atoms with van der Waals surface area (Å²) in [4.78, 5) is 11.5. The molecule has 6 atom stereocenters. The van der Waals surface area contributed by atoms with Crippen molar-refractivity contribution in [1.82, 2.24) is 0 Å². The van der Waals surface area contributed by atoms with Gasteiger partial charge in [-0.15, -0.1) is 0 Å². The van der Waals surface area contributed by atoms with Crippen LogP contribution in [0.3, 0.4) is 0 Å².